The van der Waals surface area contributed by atoms with Crippen molar-refractivity contribution in [2.45, 2.75) is 20.3 Å². The van der Waals surface area contributed by atoms with Gasteiger partial charge in [0, 0.05) is 6.54 Å². The van der Waals surface area contributed by atoms with Gasteiger partial charge in [-0.15, -0.1) is 0 Å². The van der Waals surface area contributed by atoms with Crippen LogP contribution >= 0.6 is 0 Å². The second-order valence-electron chi connectivity index (χ2n) is 2.63. The van der Waals surface area contributed by atoms with Crippen LogP contribution < -0.4 is 4.72 Å². The third-order valence-electron chi connectivity index (χ3n) is 1.82. The molecule has 68 valence electrons. The maximum absolute atomic E-state index is 11.3. The van der Waals surface area contributed by atoms with Crippen LogP contribution in [0.15, 0.2) is 22.6 Å². The molecule has 0 fully saturated rings. The Kier molecular flexibility index (Phi) is 2.69. The van der Waals surface area contributed by atoms with Crippen LogP contribution in [-0.2, 0) is 10.0 Å². The zero-order valence-corrected chi connectivity index (χ0v) is 8.11. The van der Waals surface area contributed by atoms with E-state index in [-0.39, 0.29) is 0 Å². The Morgan fingerprint density at radius 2 is 2.25 bits per heavy atom. The molecule has 0 atom stereocenters. The minimum absolute atomic E-state index is 0.440. The van der Waals surface area contributed by atoms with Crippen molar-refractivity contribution in [2.75, 3.05) is 6.54 Å². The maximum atomic E-state index is 11.3. The van der Waals surface area contributed by atoms with Gasteiger partial charge in [0.25, 0.3) is 0 Å². The average Bonchev–Trinajstić information content (AvgIpc) is 2.27. The molecule has 0 radical (unpaired) electrons. The largest absolute Gasteiger partial charge is 0.237 e. The number of allylic oxidation sites excluding steroid dienone is 2. The van der Waals surface area contributed by atoms with Gasteiger partial charge in [0.2, 0.25) is 10.0 Å². The number of nitrogens with one attached hydrogen (secondary N) is 1. The fourth-order valence-corrected chi connectivity index (χ4v) is 2.69. The van der Waals surface area contributed by atoms with E-state index in [2.05, 4.69) is 4.72 Å². The molecule has 1 N–H and O–H groups in total. The molecule has 0 aliphatic carbocycles. The SMILES string of the molecule is C/C=C\C1=C(CC)S(=O)(=O)NC1. The van der Waals surface area contributed by atoms with Gasteiger partial charge in [0.1, 0.15) is 0 Å². The van der Waals surface area contributed by atoms with E-state index in [0.29, 0.717) is 17.9 Å². The van der Waals surface area contributed by atoms with E-state index < -0.39 is 10.0 Å². The molecule has 0 aromatic carbocycles. The van der Waals surface area contributed by atoms with Crippen molar-refractivity contribution >= 4 is 10.0 Å². The molecule has 1 heterocycles. The second kappa shape index (κ2) is 3.41. The average molecular weight is 187 g/mol. The van der Waals surface area contributed by atoms with Gasteiger partial charge < -0.3 is 0 Å². The predicted molar refractivity (Wildman–Crippen MR) is 49.1 cm³/mol. The first-order valence-corrected chi connectivity index (χ1v) is 5.44. The number of hydrogen-bond acceptors (Lipinski definition) is 2. The van der Waals surface area contributed by atoms with E-state index in [4.69, 9.17) is 0 Å². The van der Waals surface area contributed by atoms with E-state index in [0.717, 1.165) is 5.57 Å². The molecule has 0 aromatic rings. The summed E-state index contributed by atoms with van der Waals surface area (Å²) in [7, 11) is -3.13. The van der Waals surface area contributed by atoms with Crippen LogP contribution in [0.1, 0.15) is 20.3 Å². The summed E-state index contributed by atoms with van der Waals surface area (Å²) in [5, 5.41) is 0. The fraction of sp³-hybridized carbons (Fsp3) is 0.500. The minimum atomic E-state index is -3.13. The molecule has 0 unspecified atom stereocenters. The summed E-state index contributed by atoms with van der Waals surface area (Å²) in [6, 6.07) is 0. The Bertz CT molecular complexity index is 325. The Balaban J connectivity index is 3.12. The van der Waals surface area contributed by atoms with Crippen LogP contribution in [0.4, 0.5) is 0 Å². The van der Waals surface area contributed by atoms with Gasteiger partial charge in [0.15, 0.2) is 0 Å². The van der Waals surface area contributed by atoms with Gasteiger partial charge in [0.05, 0.1) is 4.91 Å². The summed E-state index contributed by atoms with van der Waals surface area (Å²) >= 11 is 0. The van der Waals surface area contributed by atoms with Crippen LogP contribution in [0.3, 0.4) is 0 Å². The van der Waals surface area contributed by atoms with Crippen molar-refractivity contribution in [3.63, 3.8) is 0 Å². The Morgan fingerprint density at radius 3 is 2.75 bits per heavy atom. The number of sulfonamides is 1. The Hall–Kier alpha value is -0.610. The highest BCUT2D eigenvalue weighted by atomic mass is 32.2. The molecular weight excluding hydrogens is 174 g/mol. The van der Waals surface area contributed by atoms with Gasteiger partial charge in [-0.1, -0.05) is 19.1 Å². The first-order chi connectivity index (χ1) is 5.61. The monoisotopic (exact) mass is 187 g/mol. The van der Waals surface area contributed by atoms with E-state index in [1.807, 2.05) is 26.0 Å². The molecule has 1 aliphatic rings. The van der Waals surface area contributed by atoms with Crippen molar-refractivity contribution in [2.24, 2.45) is 0 Å². The van der Waals surface area contributed by atoms with Crippen molar-refractivity contribution in [1.82, 2.24) is 4.72 Å². The van der Waals surface area contributed by atoms with Crippen molar-refractivity contribution < 1.29 is 8.42 Å². The summed E-state index contributed by atoms with van der Waals surface area (Å²) in [5.74, 6) is 0. The molecular formula is C8H13NO2S. The summed E-state index contributed by atoms with van der Waals surface area (Å²) < 4.78 is 25.0. The molecule has 0 saturated heterocycles. The molecule has 0 amide bonds. The van der Waals surface area contributed by atoms with Crippen LogP contribution in [0.2, 0.25) is 0 Å². The topological polar surface area (TPSA) is 46.2 Å². The van der Waals surface area contributed by atoms with E-state index in [1.54, 1.807) is 0 Å². The summed E-state index contributed by atoms with van der Waals surface area (Å²) in [6.45, 7) is 4.17. The first-order valence-electron chi connectivity index (χ1n) is 3.96. The van der Waals surface area contributed by atoms with Crippen LogP contribution in [0.25, 0.3) is 0 Å². The van der Waals surface area contributed by atoms with E-state index in [9.17, 15) is 8.42 Å². The van der Waals surface area contributed by atoms with Gasteiger partial charge in [-0.25, -0.2) is 13.1 Å². The third-order valence-corrected chi connectivity index (χ3v) is 3.55. The fourth-order valence-electron chi connectivity index (χ4n) is 1.30. The van der Waals surface area contributed by atoms with Crippen LogP contribution in [0.5, 0.6) is 0 Å². The molecule has 4 heteroatoms. The molecule has 0 saturated carbocycles. The van der Waals surface area contributed by atoms with Crippen molar-refractivity contribution in [1.29, 1.82) is 0 Å². The number of rotatable bonds is 2. The highest BCUT2D eigenvalue weighted by molar-refractivity contribution is 7.93. The molecule has 1 rings (SSSR count). The molecule has 3 nitrogen and oxygen atoms in total. The third kappa shape index (κ3) is 1.59. The van der Waals surface area contributed by atoms with E-state index >= 15 is 0 Å². The highest BCUT2D eigenvalue weighted by Crippen LogP contribution is 2.21. The lowest BCUT2D eigenvalue weighted by Crippen LogP contribution is -2.17. The zero-order chi connectivity index (χ0) is 9.19. The lowest BCUT2D eigenvalue weighted by Gasteiger charge is -1.96. The van der Waals surface area contributed by atoms with Gasteiger partial charge >= 0.3 is 0 Å². The van der Waals surface area contributed by atoms with Crippen molar-refractivity contribution in [3.05, 3.63) is 22.6 Å². The van der Waals surface area contributed by atoms with Gasteiger partial charge in [-0.3, -0.25) is 0 Å². The molecule has 1 aliphatic heterocycles. The molecule has 12 heavy (non-hydrogen) atoms. The Morgan fingerprint density at radius 1 is 1.58 bits per heavy atom. The molecule has 0 bridgehead atoms. The van der Waals surface area contributed by atoms with Gasteiger partial charge in [-0.2, -0.15) is 0 Å². The quantitative estimate of drug-likeness (QED) is 0.705. The smallest absolute Gasteiger partial charge is 0.207 e. The van der Waals surface area contributed by atoms with Gasteiger partial charge in [-0.05, 0) is 18.9 Å². The second-order valence-corrected chi connectivity index (χ2v) is 4.41. The maximum Gasteiger partial charge on any atom is 0.237 e. The highest BCUT2D eigenvalue weighted by Gasteiger charge is 2.25. The van der Waals surface area contributed by atoms with E-state index in [1.165, 1.54) is 0 Å². The Labute approximate surface area is 73.2 Å². The lowest BCUT2D eigenvalue weighted by atomic mass is 10.2. The lowest BCUT2D eigenvalue weighted by molar-refractivity contribution is 0.594. The van der Waals surface area contributed by atoms with Crippen LogP contribution in [0, 0.1) is 0 Å². The zero-order valence-electron chi connectivity index (χ0n) is 7.29. The van der Waals surface area contributed by atoms with Crippen LogP contribution in [-0.4, -0.2) is 15.0 Å². The number of hydrogen-bond donors (Lipinski definition) is 1. The summed E-state index contributed by atoms with van der Waals surface area (Å²) in [6.07, 6.45) is 4.26. The standard InChI is InChI=1S/C8H13NO2S/c1-3-5-7-6-9-12(10,11)8(7)4-2/h3,5,9H,4,6H2,1-2H3/b5-3-. The predicted octanol–water partition coefficient (Wildman–Crippen LogP) is 1.16. The summed E-state index contributed by atoms with van der Waals surface area (Å²) in [5.41, 5.74) is 0.889. The minimum Gasteiger partial charge on any atom is -0.207 e. The summed E-state index contributed by atoms with van der Waals surface area (Å²) in [4.78, 5) is 0.528. The van der Waals surface area contributed by atoms with Crippen molar-refractivity contribution in [3.8, 4) is 0 Å². The normalized spacial score (nSPS) is 22.5. The molecule has 0 aromatic heterocycles. The molecule has 0 spiro atoms. The first kappa shape index (κ1) is 9.48.